The molecular weight excluding hydrogens is 310 g/mol. The lowest BCUT2D eigenvalue weighted by Crippen LogP contribution is -2.29. The summed E-state index contributed by atoms with van der Waals surface area (Å²) in [7, 11) is 0. The molecule has 0 saturated carbocycles. The van der Waals surface area contributed by atoms with Crippen LogP contribution in [0.25, 0.3) is 0 Å². The van der Waals surface area contributed by atoms with Crippen molar-refractivity contribution in [1.29, 1.82) is 0 Å². The number of benzene rings is 1. The third kappa shape index (κ3) is 4.51. The predicted molar refractivity (Wildman–Crippen MR) is 78.2 cm³/mol. The zero-order valence-electron chi connectivity index (χ0n) is 11.3. The van der Waals surface area contributed by atoms with Crippen LogP contribution in [0.2, 0.25) is 0 Å². The van der Waals surface area contributed by atoms with E-state index < -0.39 is 6.10 Å². The summed E-state index contributed by atoms with van der Waals surface area (Å²) in [6, 6.07) is 5.76. The molecule has 1 aromatic rings. The van der Waals surface area contributed by atoms with Gasteiger partial charge >= 0.3 is 5.97 Å². The molecule has 0 aliphatic rings. The van der Waals surface area contributed by atoms with Gasteiger partial charge in [0.1, 0.15) is 5.75 Å². The zero-order chi connectivity index (χ0) is 14.3. The first-order valence-corrected chi connectivity index (χ1v) is 7.24. The van der Waals surface area contributed by atoms with Crippen LogP contribution in [-0.4, -0.2) is 25.2 Å². The molecule has 0 radical (unpaired) electrons. The van der Waals surface area contributed by atoms with E-state index in [9.17, 15) is 4.79 Å². The Hall–Kier alpha value is -1.07. The SMILES string of the molecule is CCOC(=O)C(CC)Oc1c(Br)cccc1CCN. The normalized spacial score (nSPS) is 12.0. The molecule has 1 aromatic carbocycles. The van der Waals surface area contributed by atoms with Crippen LogP contribution in [0.1, 0.15) is 25.8 Å². The Morgan fingerprint density at radius 1 is 1.42 bits per heavy atom. The van der Waals surface area contributed by atoms with E-state index in [1.165, 1.54) is 0 Å². The summed E-state index contributed by atoms with van der Waals surface area (Å²) in [5, 5.41) is 0. The predicted octanol–water partition coefficient (Wildman–Crippen LogP) is 2.67. The third-order valence-electron chi connectivity index (χ3n) is 2.64. The van der Waals surface area contributed by atoms with Crippen molar-refractivity contribution in [2.45, 2.75) is 32.8 Å². The molecule has 2 N–H and O–H groups in total. The van der Waals surface area contributed by atoms with Crippen LogP contribution < -0.4 is 10.5 Å². The summed E-state index contributed by atoms with van der Waals surface area (Å²) < 4.78 is 11.6. The molecule has 0 amide bonds. The van der Waals surface area contributed by atoms with Gasteiger partial charge < -0.3 is 15.2 Å². The number of halogens is 1. The Morgan fingerprint density at radius 3 is 2.74 bits per heavy atom. The number of carbonyl (C=O) groups excluding carboxylic acids is 1. The van der Waals surface area contributed by atoms with Crippen LogP contribution in [0.3, 0.4) is 0 Å². The molecule has 0 aromatic heterocycles. The summed E-state index contributed by atoms with van der Waals surface area (Å²) in [5.74, 6) is 0.340. The van der Waals surface area contributed by atoms with Gasteiger partial charge in [0, 0.05) is 0 Å². The number of hydrogen-bond donors (Lipinski definition) is 1. The number of carbonyl (C=O) groups is 1. The fourth-order valence-corrected chi connectivity index (χ4v) is 2.21. The lowest BCUT2D eigenvalue weighted by Gasteiger charge is -2.19. The summed E-state index contributed by atoms with van der Waals surface area (Å²) in [5.41, 5.74) is 6.57. The van der Waals surface area contributed by atoms with E-state index >= 15 is 0 Å². The monoisotopic (exact) mass is 329 g/mol. The Bertz CT molecular complexity index is 423. The van der Waals surface area contributed by atoms with Gasteiger partial charge in [-0.05, 0) is 53.9 Å². The molecule has 5 heteroatoms. The molecule has 0 spiro atoms. The standard InChI is InChI=1S/C14H20BrNO3/c1-3-12(14(17)18-4-2)19-13-10(8-9-16)6-5-7-11(13)15/h5-7,12H,3-4,8-9,16H2,1-2H3. The van der Waals surface area contributed by atoms with Crippen LogP contribution in [-0.2, 0) is 16.0 Å². The Kier molecular flexibility index (Phi) is 6.87. The van der Waals surface area contributed by atoms with Gasteiger partial charge in [-0.25, -0.2) is 4.79 Å². The van der Waals surface area contributed by atoms with Gasteiger partial charge in [0.15, 0.2) is 6.10 Å². The molecular formula is C14H20BrNO3. The summed E-state index contributed by atoms with van der Waals surface area (Å²) in [4.78, 5) is 11.8. The smallest absolute Gasteiger partial charge is 0.347 e. The number of nitrogens with two attached hydrogens (primary N) is 1. The number of para-hydroxylation sites is 1. The van der Waals surface area contributed by atoms with Gasteiger partial charge in [0.2, 0.25) is 0 Å². The quantitative estimate of drug-likeness (QED) is 0.781. The number of hydrogen-bond acceptors (Lipinski definition) is 4. The minimum atomic E-state index is -0.588. The van der Waals surface area contributed by atoms with Crippen molar-refractivity contribution < 1.29 is 14.3 Å². The summed E-state index contributed by atoms with van der Waals surface area (Å²) in [6.45, 7) is 4.55. The lowest BCUT2D eigenvalue weighted by molar-refractivity contribution is -0.151. The average Bonchev–Trinajstić information content (AvgIpc) is 2.39. The van der Waals surface area contributed by atoms with Gasteiger partial charge in [-0.3, -0.25) is 0 Å². The topological polar surface area (TPSA) is 61.5 Å². The van der Waals surface area contributed by atoms with Gasteiger partial charge in [-0.15, -0.1) is 0 Å². The van der Waals surface area contributed by atoms with E-state index in [1.54, 1.807) is 6.92 Å². The van der Waals surface area contributed by atoms with E-state index in [0.717, 1.165) is 10.0 Å². The van der Waals surface area contributed by atoms with E-state index in [4.69, 9.17) is 15.2 Å². The highest BCUT2D eigenvalue weighted by molar-refractivity contribution is 9.10. The first kappa shape index (κ1) is 16.0. The molecule has 0 bridgehead atoms. The minimum Gasteiger partial charge on any atom is -0.477 e. The van der Waals surface area contributed by atoms with Crippen molar-refractivity contribution in [3.63, 3.8) is 0 Å². The van der Waals surface area contributed by atoms with Crippen LogP contribution in [0.15, 0.2) is 22.7 Å². The fourth-order valence-electron chi connectivity index (χ4n) is 1.71. The number of esters is 1. The Labute approximate surface area is 122 Å². The van der Waals surface area contributed by atoms with Crippen molar-refractivity contribution in [3.8, 4) is 5.75 Å². The fraction of sp³-hybridized carbons (Fsp3) is 0.500. The summed E-state index contributed by atoms with van der Waals surface area (Å²) in [6.07, 6.45) is 0.672. The highest BCUT2D eigenvalue weighted by Crippen LogP contribution is 2.30. The molecule has 1 atom stereocenters. The molecule has 0 fully saturated rings. The third-order valence-corrected chi connectivity index (χ3v) is 3.27. The van der Waals surface area contributed by atoms with E-state index in [2.05, 4.69) is 15.9 Å². The highest BCUT2D eigenvalue weighted by atomic mass is 79.9. The van der Waals surface area contributed by atoms with Crippen LogP contribution in [0, 0.1) is 0 Å². The maximum absolute atomic E-state index is 11.8. The largest absolute Gasteiger partial charge is 0.477 e. The molecule has 1 rings (SSSR count). The van der Waals surface area contributed by atoms with Crippen LogP contribution >= 0.6 is 15.9 Å². The number of ether oxygens (including phenoxy) is 2. The van der Waals surface area contributed by atoms with Gasteiger partial charge in [-0.2, -0.15) is 0 Å². The van der Waals surface area contributed by atoms with Gasteiger partial charge in [-0.1, -0.05) is 19.1 Å². The van der Waals surface area contributed by atoms with Crippen LogP contribution in [0.5, 0.6) is 5.75 Å². The molecule has 1 unspecified atom stereocenters. The van der Waals surface area contributed by atoms with Crippen LogP contribution in [0.4, 0.5) is 0 Å². The second kappa shape index (κ2) is 8.17. The maximum atomic E-state index is 11.8. The zero-order valence-corrected chi connectivity index (χ0v) is 12.9. The van der Waals surface area contributed by atoms with Crippen molar-refractivity contribution >= 4 is 21.9 Å². The van der Waals surface area contributed by atoms with E-state index in [0.29, 0.717) is 31.7 Å². The van der Waals surface area contributed by atoms with E-state index in [-0.39, 0.29) is 5.97 Å². The van der Waals surface area contributed by atoms with Crippen molar-refractivity contribution in [1.82, 2.24) is 0 Å². The summed E-state index contributed by atoms with van der Waals surface area (Å²) >= 11 is 3.44. The molecule has 0 aliphatic carbocycles. The van der Waals surface area contributed by atoms with Crippen molar-refractivity contribution in [2.75, 3.05) is 13.2 Å². The van der Waals surface area contributed by atoms with Crippen molar-refractivity contribution in [2.24, 2.45) is 5.73 Å². The first-order valence-electron chi connectivity index (χ1n) is 6.44. The lowest BCUT2D eigenvalue weighted by atomic mass is 10.1. The maximum Gasteiger partial charge on any atom is 0.347 e. The minimum absolute atomic E-state index is 0.334. The molecule has 0 heterocycles. The molecule has 106 valence electrons. The second-order valence-corrected chi connectivity index (χ2v) is 4.89. The number of rotatable bonds is 7. The van der Waals surface area contributed by atoms with Gasteiger partial charge in [0.25, 0.3) is 0 Å². The van der Waals surface area contributed by atoms with Crippen molar-refractivity contribution in [3.05, 3.63) is 28.2 Å². The van der Waals surface area contributed by atoms with Gasteiger partial charge in [0.05, 0.1) is 11.1 Å². The second-order valence-electron chi connectivity index (χ2n) is 4.03. The molecule has 0 saturated heterocycles. The molecule has 19 heavy (non-hydrogen) atoms. The molecule has 0 aliphatic heterocycles. The average molecular weight is 330 g/mol. The first-order chi connectivity index (χ1) is 9.13. The van der Waals surface area contributed by atoms with E-state index in [1.807, 2.05) is 25.1 Å². The Morgan fingerprint density at radius 2 is 2.16 bits per heavy atom. The highest BCUT2D eigenvalue weighted by Gasteiger charge is 2.21. The Balaban J connectivity index is 2.92. The molecule has 4 nitrogen and oxygen atoms in total.